The number of sulfonamides is 1. The van der Waals surface area contributed by atoms with Crippen LogP contribution in [0, 0.1) is 17.0 Å². The highest BCUT2D eigenvalue weighted by atomic mass is 35.5. The van der Waals surface area contributed by atoms with Gasteiger partial charge < -0.3 is 4.74 Å². The number of nitrogens with zero attached hydrogens (tertiary/aromatic N) is 4. The zero-order valence-electron chi connectivity index (χ0n) is 20.7. The lowest BCUT2D eigenvalue weighted by Crippen LogP contribution is -2.39. The summed E-state index contributed by atoms with van der Waals surface area (Å²) in [6, 6.07) is 18.6. The summed E-state index contributed by atoms with van der Waals surface area (Å²) < 4.78 is 33.2. The van der Waals surface area contributed by atoms with E-state index in [9.17, 15) is 23.3 Å². The Morgan fingerprint density at radius 2 is 1.87 bits per heavy atom. The van der Waals surface area contributed by atoms with Crippen molar-refractivity contribution in [3.8, 4) is 5.75 Å². The summed E-state index contributed by atoms with van der Waals surface area (Å²) in [6.45, 7) is 0.829. The zero-order chi connectivity index (χ0) is 28.2. The Labute approximate surface area is 228 Å². The summed E-state index contributed by atoms with van der Waals surface area (Å²) >= 11 is 6.22. The Balaban J connectivity index is 1.62. The van der Waals surface area contributed by atoms with E-state index in [0.717, 1.165) is 15.8 Å². The fourth-order valence-electron chi connectivity index (χ4n) is 3.68. The Hall–Kier alpha value is -4.55. The second kappa shape index (κ2) is 11.5. The van der Waals surface area contributed by atoms with Gasteiger partial charge in [0.15, 0.2) is 0 Å². The summed E-state index contributed by atoms with van der Waals surface area (Å²) in [5.41, 5.74) is 3.51. The van der Waals surface area contributed by atoms with E-state index in [1.807, 2.05) is 18.2 Å². The summed E-state index contributed by atoms with van der Waals surface area (Å²) in [5, 5.41) is 16.3. The van der Waals surface area contributed by atoms with Crippen LogP contribution in [0.3, 0.4) is 0 Å². The lowest BCUT2D eigenvalue weighted by molar-refractivity contribution is -0.385. The molecular weight excluding hydrogens is 546 g/mol. The molecule has 1 aromatic heterocycles. The van der Waals surface area contributed by atoms with Crippen LogP contribution in [0.5, 0.6) is 5.75 Å². The Bertz CT molecular complexity index is 1690. The second-order valence-corrected chi connectivity index (χ2v) is 10.5. The van der Waals surface area contributed by atoms with Crippen molar-refractivity contribution in [2.24, 2.45) is 5.10 Å². The average molecular weight is 568 g/mol. The van der Waals surface area contributed by atoms with Gasteiger partial charge >= 0.3 is 0 Å². The molecule has 0 bridgehead atoms. The number of ether oxygens (including phenoxy) is 1. The molecule has 1 amide bonds. The van der Waals surface area contributed by atoms with Crippen molar-refractivity contribution in [1.82, 2.24) is 10.4 Å². The molecule has 0 spiro atoms. The van der Waals surface area contributed by atoms with Gasteiger partial charge in [-0.1, -0.05) is 35.9 Å². The number of aromatic nitrogens is 1. The number of carbonyl (C=O) groups excluding carboxylic acids is 1. The first-order valence-corrected chi connectivity index (χ1v) is 13.2. The van der Waals surface area contributed by atoms with Crippen LogP contribution < -0.4 is 14.5 Å². The molecule has 0 aliphatic heterocycles. The SMILES string of the molecule is COc1ccc(N(CC(=O)N/N=C\c2cc3ccccc3nc2Cl)S(=O)(=O)c2ccc(C)c([N+](=O)[O-])c2)cc1. The number of methoxy groups -OCH3 is 1. The lowest BCUT2D eigenvalue weighted by atomic mass is 10.2. The van der Waals surface area contributed by atoms with Gasteiger partial charge in [0.25, 0.3) is 21.6 Å². The number of nitrogens with one attached hydrogen (secondary N) is 1. The molecule has 0 radical (unpaired) electrons. The van der Waals surface area contributed by atoms with Gasteiger partial charge in [-0.25, -0.2) is 18.8 Å². The number of fused-ring (bicyclic) bond motifs is 1. The lowest BCUT2D eigenvalue weighted by Gasteiger charge is -2.24. The molecule has 0 saturated carbocycles. The molecule has 0 saturated heterocycles. The molecule has 0 aliphatic rings. The zero-order valence-corrected chi connectivity index (χ0v) is 22.3. The number of halogens is 1. The van der Waals surface area contributed by atoms with E-state index >= 15 is 0 Å². The molecule has 0 unspecified atom stereocenters. The number of benzene rings is 3. The van der Waals surface area contributed by atoms with Crippen molar-refractivity contribution in [2.45, 2.75) is 11.8 Å². The normalized spacial score (nSPS) is 11.5. The molecule has 0 aliphatic carbocycles. The first-order chi connectivity index (χ1) is 18.6. The molecule has 39 heavy (non-hydrogen) atoms. The van der Waals surface area contributed by atoms with Gasteiger partial charge in [0.2, 0.25) is 0 Å². The van der Waals surface area contributed by atoms with Crippen LogP contribution in [0.4, 0.5) is 11.4 Å². The van der Waals surface area contributed by atoms with Gasteiger partial charge in [-0.05, 0) is 49.4 Å². The van der Waals surface area contributed by atoms with Crippen LogP contribution in [-0.4, -0.2) is 44.1 Å². The fourth-order valence-corrected chi connectivity index (χ4v) is 5.31. The molecule has 4 aromatic rings. The maximum atomic E-state index is 13.6. The van der Waals surface area contributed by atoms with Crippen LogP contribution in [0.2, 0.25) is 5.15 Å². The van der Waals surface area contributed by atoms with Gasteiger partial charge in [0.1, 0.15) is 17.4 Å². The number of nitro groups is 1. The largest absolute Gasteiger partial charge is 0.497 e. The molecule has 1 N–H and O–H groups in total. The monoisotopic (exact) mass is 567 g/mol. The van der Waals surface area contributed by atoms with E-state index in [2.05, 4.69) is 15.5 Å². The fraction of sp³-hybridized carbons (Fsp3) is 0.115. The van der Waals surface area contributed by atoms with E-state index in [4.69, 9.17) is 16.3 Å². The Kier molecular flexibility index (Phi) is 8.07. The molecule has 4 rings (SSSR count). The number of para-hydroxylation sites is 1. The highest BCUT2D eigenvalue weighted by Crippen LogP contribution is 2.29. The number of carbonyl (C=O) groups is 1. The van der Waals surface area contributed by atoms with Gasteiger partial charge in [-0.2, -0.15) is 5.10 Å². The molecule has 11 nitrogen and oxygen atoms in total. The predicted octanol–water partition coefficient (Wildman–Crippen LogP) is 4.46. The smallest absolute Gasteiger partial charge is 0.273 e. The van der Waals surface area contributed by atoms with Crippen molar-refractivity contribution >= 4 is 56.0 Å². The highest BCUT2D eigenvalue weighted by Gasteiger charge is 2.29. The van der Waals surface area contributed by atoms with E-state index in [1.54, 1.807) is 12.1 Å². The third-order valence-electron chi connectivity index (χ3n) is 5.71. The highest BCUT2D eigenvalue weighted by molar-refractivity contribution is 7.92. The van der Waals surface area contributed by atoms with Crippen LogP contribution in [0.1, 0.15) is 11.1 Å². The van der Waals surface area contributed by atoms with Crippen molar-refractivity contribution in [1.29, 1.82) is 0 Å². The van der Waals surface area contributed by atoms with Gasteiger partial charge in [-0.3, -0.25) is 19.2 Å². The summed E-state index contributed by atoms with van der Waals surface area (Å²) in [5.74, 6) is -0.297. The number of hydrogen-bond acceptors (Lipinski definition) is 8. The van der Waals surface area contributed by atoms with Crippen molar-refractivity contribution < 1.29 is 22.9 Å². The van der Waals surface area contributed by atoms with E-state index in [0.29, 0.717) is 22.4 Å². The Morgan fingerprint density at radius 3 is 2.56 bits per heavy atom. The predicted molar refractivity (Wildman–Crippen MR) is 148 cm³/mol. The number of hydrogen-bond donors (Lipinski definition) is 1. The summed E-state index contributed by atoms with van der Waals surface area (Å²) in [6.07, 6.45) is 1.30. The first kappa shape index (κ1) is 27.5. The third kappa shape index (κ3) is 6.13. The second-order valence-electron chi connectivity index (χ2n) is 8.27. The van der Waals surface area contributed by atoms with Gasteiger partial charge in [0.05, 0.1) is 34.3 Å². The third-order valence-corrected chi connectivity index (χ3v) is 7.78. The molecule has 0 atom stereocenters. The average Bonchev–Trinajstić information content (AvgIpc) is 2.92. The number of aryl methyl sites for hydroxylation is 1. The van der Waals surface area contributed by atoms with Crippen LogP contribution in [0.25, 0.3) is 10.9 Å². The number of pyridine rings is 1. The molecule has 13 heteroatoms. The maximum absolute atomic E-state index is 13.6. The molecular formula is C26H22ClN5O6S. The quantitative estimate of drug-likeness (QED) is 0.136. The minimum atomic E-state index is -4.41. The van der Waals surface area contributed by atoms with Crippen molar-refractivity contribution in [2.75, 3.05) is 18.0 Å². The van der Waals surface area contributed by atoms with E-state index in [-0.39, 0.29) is 21.4 Å². The molecule has 3 aromatic carbocycles. The van der Waals surface area contributed by atoms with Gasteiger partial charge in [-0.15, -0.1) is 0 Å². The molecule has 0 fully saturated rings. The van der Waals surface area contributed by atoms with Crippen molar-refractivity contribution in [3.63, 3.8) is 0 Å². The van der Waals surface area contributed by atoms with Crippen LogP contribution in [0.15, 0.2) is 82.8 Å². The molecule has 1 heterocycles. The number of nitro benzene ring substituents is 1. The summed E-state index contributed by atoms with van der Waals surface area (Å²) in [4.78, 5) is 27.5. The number of rotatable bonds is 9. The van der Waals surface area contributed by atoms with Crippen LogP contribution >= 0.6 is 11.6 Å². The van der Waals surface area contributed by atoms with Gasteiger partial charge in [0, 0.05) is 22.6 Å². The van der Waals surface area contributed by atoms with Crippen molar-refractivity contribution in [3.05, 3.63) is 99.2 Å². The minimum Gasteiger partial charge on any atom is -0.497 e. The molecule has 200 valence electrons. The number of anilines is 1. The van der Waals surface area contributed by atoms with E-state index < -0.39 is 27.4 Å². The Morgan fingerprint density at radius 1 is 1.15 bits per heavy atom. The van der Waals surface area contributed by atoms with E-state index in [1.165, 1.54) is 56.6 Å². The van der Waals surface area contributed by atoms with Crippen LogP contribution in [-0.2, 0) is 14.8 Å². The maximum Gasteiger partial charge on any atom is 0.273 e. The minimum absolute atomic E-state index is 0.139. The standard InChI is InChI=1S/C26H22ClN5O6S/c1-17-7-12-22(14-24(17)32(34)35)39(36,37)31(20-8-10-21(38-2)11-9-20)16-25(33)30-28-15-19-13-18-5-3-4-6-23(18)29-26(19)27/h3-15H,16H2,1-2H3,(H,30,33)/b28-15-. The number of hydrazone groups is 1. The first-order valence-electron chi connectivity index (χ1n) is 11.4. The number of amides is 1. The topological polar surface area (TPSA) is 144 Å². The summed E-state index contributed by atoms with van der Waals surface area (Å²) in [7, 11) is -2.95.